The molecule has 0 radical (unpaired) electrons. The number of rotatable bonds is 6. The van der Waals surface area contributed by atoms with Crippen molar-refractivity contribution in [2.24, 2.45) is 0 Å². The summed E-state index contributed by atoms with van der Waals surface area (Å²) in [5.74, 6) is 0.396. The number of ether oxygens (including phenoxy) is 2. The molecule has 0 aromatic heterocycles. The van der Waals surface area contributed by atoms with E-state index >= 15 is 0 Å². The van der Waals surface area contributed by atoms with Crippen molar-refractivity contribution in [3.05, 3.63) is 71.3 Å². The minimum Gasteiger partial charge on any atom is -0.489 e. The molecule has 0 aliphatic rings. The molecule has 0 aliphatic carbocycles. The Kier molecular flexibility index (Phi) is 5.74. The predicted octanol–water partition coefficient (Wildman–Crippen LogP) is 3.06. The van der Waals surface area contributed by atoms with Crippen molar-refractivity contribution in [2.45, 2.75) is 6.61 Å². The average Bonchev–Trinajstić information content (AvgIpc) is 2.58. The van der Waals surface area contributed by atoms with Crippen LogP contribution in [0.15, 0.2) is 54.6 Å². The highest BCUT2D eigenvalue weighted by Crippen LogP contribution is 2.16. The average molecular weight is 298 g/mol. The topological polar surface area (TPSA) is 55.8 Å². The third-order valence-corrected chi connectivity index (χ3v) is 3.05. The second-order valence-electron chi connectivity index (χ2n) is 4.63. The van der Waals surface area contributed by atoms with Crippen LogP contribution in [-0.2, 0) is 11.3 Å². The molecule has 0 atom stereocenters. The number of carbonyl (C=O) groups excluding carboxylic acids is 1. The Bertz CT molecular complexity index is 644. The zero-order chi connectivity index (χ0) is 15.8. The lowest BCUT2D eigenvalue weighted by Gasteiger charge is -2.07. The molecule has 2 aromatic carbocycles. The predicted molar refractivity (Wildman–Crippen MR) is 84.7 cm³/mol. The monoisotopic (exact) mass is 298 g/mol. The summed E-state index contributed by atoms with van der Waals surface area (Å²) in [6, 6.07) is 14.7. The molecule has 0 bridgehead atoms. The quantitative estimate of drug-likeness (QED) is 0.833. The van der Waals surface area contributed by atoms with E-state index in [0.29, 0.717) is 12.2 Å². The van der Waals surface area contributed by atoms with Crippen molar-refractivity contribution in [1.82, 2.24) is 0 Å². The van der Waals surface area contributed by atoms with Crippen molar-refractivity contribution in [1.29, 1.82) is 0 Å². The van der Waals surface area contributed by atoms with Crippen LogP contribution >= 0.6 is 0 Å². The lowest BCUT2D eigenvalue weighted by Crippen LogP contribution is -2.02. The van der Waals surface area contributed by atoms with Crippen LogP contribution in [0.1, 0.15) is 21.5 Å². The number of hydrogen-bond acceptors (Lipinski definition) is 4. The van der Waals surface area contributed by atoms with Crippen molar-refractivity contribution in [2.75, 3.05) is 13.7 Å². The molecule has 0 saturated heterocycles. The van der Waals surface area contributed by atoms with Crippen LogP contribution in [0.5, 0.6) is 5.75 Å². The highest BCUT2D eigenvalue weighted by Gasteiger charge is 2.04. The van der Waals surface area contributed by atoms with Crippen LogP contribution in [0, 0.1) is 0 Å². The van der Waals surface area contributed by atoms with Gasteiger partial charge in [-0.1, -0.05) is 36.4 Å². The number of aliphatic hydroxyl groups excluding tert-OH is 1. The van der Waals surface area contributed by atoms with Gasteiger partial charge in [-0.15, -0.1) is 0 Å². The van der Waals surface area contributed by atoms with Crippen LogP contribution in [-0.4, -0.2) is 24.8 Å². The van der Waals surface area contributed by atoms with Crippen LogP contribution < -0.4 is 4.74 Å². The molecule has 0 spiro atoms. The van der Waals surface area contributed by atoms with Gasteiger partial charge in [0.25, 0.3) is 0 Å². The maximum absolute atomic E-state index is 11.4. The van der Waals surface area contributed by atoms with E-state index in [-0.39, 0.29) is 12.6 Å². The Morgan fingerprint density at radius 2 is 1.95 bits per heavy atom. The summed E-state index contributed by atoms with van der Waals surface area (Å²) >= 11 is 0. The maximum atomic E-state index is 11.4. The van der Waals surface area contributed by atoms with E-state index in [9.17, 15) is 4.79 Å². The molecule has 4 nitrogen and oxygen atoms in total. The zero-order valence-electron chi connectivity index (χ0n) is 12.4. The van der Waals surface area contributed by atoms with Crippen LogP contribution in [0.2, 0.25) is 0 Å². The summed E-state index contributed by atoms with van der Waals surface area (Å²) in [7, 11) is 1.36. The third kappa shape index (κ3) is 4.46. The van der Waals surface area contributed by atoms with E-state index in [0.717, 1.165) is 16.9 Å². The highest BCUT2D eigenvalue weighted by molar-refractivity contribution is 5.89. The SMILES string of the molecule is COC(=O)c1ccc(COc2cccc(/C=C/CO)c2)cc1. The third-order valence-electron chi connectivity index (χ3n) is 3.05. The standard InChI is InChI=1S/C18H18O4/c1-21-18(20)16-9-7-15(8-10-16)13-22-17-6-2-4-14(12-17)5-3-11-19/h2-10,12,19H,11,13H2,1H3/b5-3+. The van der Waals surface area contributed by atoms with Gasteiger partial charge in [0, 0.05) is 0 Å². The second-order valence-corrected chi connectivity index (χ2v) is 4.63. The molecule has 0 unspecified atom stereocenters. The van der Waals surface area contributed by atoms with E-state index < -0.39 is 0 Å². The van der Waals surface area contributed by atoms with Crippen LogP contribution in [0.4, 0.5) is 0 Å². The Balaban J connectivity index is 1.98. The smallest absolute Gasteiger partial charge is 0.337 e. The largest absolute Gasteiger partial charge is 0.489 e. The number of methoxy groups -OCH3 is 1. The van der Waals surface area contributed by atoms with Crippen LogP contribution in [0.3, 0.4) is 0 Å². The van der Waals surface area contributed by atoms with Gasteiger partial charge in [-0.2, -0.15) is 0 Å². The van der Waals surface area contributed by atoms with Crippen LogP contribution in [0.25, 0.3) is 6.08 Å². The second kappa shape index (κ2) is 8.00. The molecular weight excluding hydrogens is 280 g/mol. The van der Waals surface area contributed by atoms with Crippen molar-refractivity contribution in [3.63, 3.8) is 0 Å². The van der Waals surface area contributed by atoms with Gasteiger partial charge in [0.05, 0.1) is 19.3 Å². The normalized spacial score (nSPS) is 10.6. The molecule has 0 heterocycles. The lowest BCUT2D eigenvalue weighted by atomic mass is 10.1. The molecule has 4 heteroatoms. The summed E-state index contributed by atoms with van der Waals surface area (Å²) in [5.41, 5.74) is 2.44. The number of benzene rings is 2. The number of carbonyl (C=O) groups is 1. The fourth-order valence-electron chi connectivity index (χ4n) is 1.92. The highest BCUT2D eigenvalue weighted by atomic mass is 16.5. The minimum absolute atomic E-state index is 0.0115. The summed E-state index contributed by atoms with van der Waals surface area (Å²) < 4.78 is 10.4. The molecule has 0 amide bonds. The van der Waals surface area contributed by atoms with E-state index in [4.69, 9.17) is 9.84 Å². The van der Waals surface area contributed by atoms with Gasteiger partial charge in [-0.3, -0.25) is 0 Å². The summed E-state index contributed by atoms with van der Waals surface area (Å²) in [6.07, 6.45) is 3.50. The number of hydrogen-bond donors (Lipinski definition) is 1. The van der Waals surface area contributed by atoms with Crippen molar-refractivity contribution >= 4 is 12.0 Å². The Morgan fingerprint density at radius 1 is 1.18 bits per heavy atom. The zero-order valence-corrected chi connectivity index (χ0v) is 12.4. The maximum Gasteiger partial charge on any atom is 0.337 e. The molecule has 2 rings (SSSR count). The number of aliphatic hydroxyl groups is 1. The molecule has 22 heavy (non-hydrogen) atoms. The Morgan fingerprint density at radius 3 is 2.64 bits per heavy atom. The first-order valence-corrected chi connectivity index (χ1v) is 6.90. The van der Waals surface area contributed by atoms with Gasteiger partial charge in [0.2, 0.25) is 0 Å². The molecule has 0 saturated carbocycles. The first-order chi connectivity index (χ1) is 10.7. The van der Waals surface area contributed by atoms with Crippen molar-refractivity contribution < 1.29 is 19.4 Å². The van der Waals surface area contributed by atoms with E-state index in [1.807, 2.05) is 42.5 Å². The Hall–Kier alpha value is -2.59. The van der Waals surface area contributed by atoms with E-state index in [1.54, 1.807) is 18.2 Å². The van der Waals surface area contributed by atoms with E-state index in [2.05, 4.69) is 4.74 Å². The minimum atomic E-state index is -0.351. The molecule has 0 aliphatic heterocycles. The first-order valence-electron chi connectivity index (χ1n) is 6.90. The summed E-state index contributed by atoms with van der Waals surface area (Å²) in [6.45, 7) is 0.423. The van der Waals surface area contributed by atoms with Crippen molar-refractivity contribution in [3.8, 4) is 5.75 Å². The Labute approximate surface area is 129 Å². The molecular formula is C18H18O4. The van der Waals surface area contributed by atoms with Gasteiger partial charge < -0.3 is 14.6 Å². The number of esters is 1. The fourth-order valence-corrected chi connectivity index (χ4v) is 1.92. The first kappa shape index (κ1) is 15.8. The summed E-state index contributed by atoms with van der Waals surface area (Å²) in [5, 5.41) is 8.78. The molecule has 1 N–H and O–H groups in total. The molecule has 114 valence electrons. The summed E-state index contributed by atoms with van der Waals surface area (Å²) in [4.78, 5) is 11.4. The van der Waals surface area contributed by atoms with Gasteiger partial charge in [-0.25, -0.2) is 4.79 Å². The van der Waals surface area contributed by atoms with Gasteiger partial charge in [-0.05, 0) is 35.4 Å². The van der Waals surface area contributed by atoms with Gasteiger partial charge in [0.1, 0.15) is 12.4 Å². The fraction of sp³-hybridized carbons (Fsp3) is 0.167. The molecule has 2 aromatic rings. The van der Waals surface area contributed by atoms with E-state index in [1.165, 1.54) is 7.11 Å². The van der Waals surface area contributed by atoms with Gasteiger partial charge in [0.15, 0.2) is 0 Å². The van der Waals surface area contributed by atoms with Gasteiger partial charge >= 0.3 is 5.97 Å². The lowest BCUT2D eigenvalue weighted by molar-refractivity contribution is 0.0600. The molecule has 0 fully saturated rings.